The lowest BCUT2D eigenvalue weighted by Crippen LogP contribution is -2.17. The van der Waals surface area contributed by atoms with Crippen molar-refractivity contribution in [1.29, 1.82) is 0 Å². The van der Waals surface area contributed by atoms with E-state index in [0.29, 0.717) is 250 Å². The number of nitrogens with one attached hydrogen (secondary N) is 1. The number of aliphatic imine (C=N–C) groups is 3. The van der Waals surface area contributed by atoms with E-state index < -0.39 is 29.7 Å². The summed E-state index contributed by atoms with van der Waals surface area (Å²) in [4.78, 5) is 58.3. The fourth-order valence-corrected chi connectivity index (χ4v) is 14.0. The van der Waals surface area contributed by atoms with E-state index in [9.17, 15) is 19.8 Å². The standard InChI is InChI=1S/C94H134N4O31/c1-12-71-65(2)75-62-78-86(94(103)129-64-70-58-82(124-52-46-118-40-34-112-28-22-106-8)93(127-55-49-121-43-37-115-31-25-109-11)83(59-70)125-53-47-119-41-35-113-29-23-107-9)68(5)89(97-78)73(16-14-13-15-17-84(100)101)88-66(3)72(90(98-88)74-60-79(99)87-67(4)76(96-91(74)87)61-77(71)95-75)18-19-85(102)128-63-69-56-80(122-50-44-116-38-32-110-26-20-104-6)92(126-54-48-120-42-36-114-30-24-108-10)81(57-69)123-51-45-117-39-33-111-27-21-105-7/h56-59,61-62,66,72,98-99H,12-13,15,17-55,60,63-64H2,1-11H3,(H,100,101)/t66-,72-/m0/s1. The van der Waals surface area contributed by atoms with E-state index >= 15 is 4.79 Å². The lowest BCUT2D eigenvalue weighted by atomic mass is 9.84. The van der Waals surface area contributed by atoms with Crippen LogP contribution in [0.3, 0.4) is 0 Å². The molecule has 6 aliphatic rings. The molecule has 0 aromatic heterocycles. The zero-order valence-electron chi connectivity index (χ0n) is 77.0. The Hall–Kier alpha value is -8.98. The van der Waals surface area contributed by atoms with Crippen LogP contribution in [0.5, 0.6) is 34.5 Å². The van der Waals surface area contributed by atoms with Crippen molar-refractivity contribution in [3.05, 3.63) is 126 Å². The van der Waals surface area contributed by atoms with Crippen LogP contribution in [0.1, 0.15) is 90.7 Å². The molecular weight excluding hydrogens is 1680 g/mol. The van der Waals surface area contributed by atoms with Gasteiger partial charge in [-0.2, -0.15) is 0 Å². The molecule has 5 heterocycles. The third-order valence-corrected chi connectivity index (χ3v) is 20.6. The third-order valence-electron chi connectivity index (χ3n) is 20.6. The monoisotopic (exact) mass is 1810 g/mol. The molecule has 0 unspecified atom stereocenters. The Balaban J connectivity index is 1.15. The average molecular weight is 1820 g/mol. The van der Waals surface area contributed by atoms with E-state index in [-0.39, 0.29) is 171 Å². The van der Waals surface area contributed by atoms with Gasteiger partial charge in [-0.05, 0) is 110 Å². The molecule has 8 rings (SSSR count). The van der Waals surface area contributed by atoms with Gasteiger partial charge >= 0.3 is 17.9 Å². The number of methoxy groups -OCH3 is 6. The number of rotatable bonds is 72. The van der Waals surface area contributed by atoms with Gasteiger partial charge in [0.2, 0.25) is 11.5 Å². The van der Waals surface area contributed by atoms with Gasteiger partial charge in [0.1, 0.15) is 58.6 Å². The number of benzene rings is 2. The number of esters is 2. The minimum Gasteiger partial charge on any atom is -0.511 e. The molecule has 0 spiro atoms. The normalized spacial score (nSPS) is 15.8. The summed E-state index contributed by atoms with van der Waals surface area (Å²) in [6.07, 6.45) is 4.79. The number of hydrogen-bond acceptors (Lipinski definition) is 34. The number of aliphatic carboxylic acids is 1. The Bertz CT molecular complexity index is 4190. The van der Waals surface area contributed by atoms with Crippen LogP contribution in [-0.4, -0.2) is 326 Å². The minimum atomic E-state index is -0.975. The number of allylic oxidation sites excluding steroid dienone is 11. The maximum absolute atomic E-state index is 15.7. The summed E-state index contributed by atoms with van der Waals surface area (Å²) in [5.74, 6) is 5.23. The molecule has 2 aromatic rings. The van der Waals surface area contributed by atoms with Gasteiger partial charge in [0.05, 0.1) is 244 Å². The lowest BCUT2D eigenvalue weighted by molar-refractivity contribution is -0.145. The Morgan fingerprint density at radius 2 is 0.845 bits per heavy atom. The Kier molecular flexibility index (Phi) is 50.3. The largest absolute Gasteiger partial charge is 0.511 e. The third kappa shape index (κ3) is 35.6. The van der Waals surface area contributed by atoms with Crippen LogP contribution in [0.4, 0.5) is 0 Å². The summed E-state index contributed by atoms with van der Waals surface area (Å²) >= 11 is 0. The van der Waals surface area contributed by atoms with Gasteiger partial charge in [0, 0.05) is 103 Å². The Morgan fingerprint density at radius 1 is 0.450 bits per heavy atom. The van der Waals surface area contributed by atoms with Crippen molar-refractivity contribution in [3.63, 3.8) is 0 Å². The van der Waals surface area contributed by atoms with E-state index in [1.54, 1.807) is 79.9 Å². The highest BCUT2D eigenvalue weighted by Crippen LogP contribution is 2.49. The fraction of sp³-hybridized carbons (Fsp3) is 0.617. The summed E-state index contributed by atoms with van der Waals surface area (Å²) in [5, 5.41) is 25.8. The van der Waals surface area contributed by atoms with Crippen molar-refractivity contribution in [1.82, 2.24) is 5.32 Å². The Morgan fingerprint density at radius 3 is 1.25 bits per heavy atom. The summed E-state index contributed by atoms with van der Waals surface area (Å²) in [6.45, 7) is 20.0. The number of fused-ring (bicyclic) bond motifs is 5. The highest BCUT2D eigenvalue weighted by Gasteiger charge is 2.44. The maximum Gasteiger partial charge on any atom is 0.341 e. The van der Waals surface area contributed by atoms with Crippen molar-refractivity contribution < 1.29 is 148 Å². The molecule has 8 bridgehead atoms. The number of ether oxygens (including phenoxy) is 26. The number of nitrogens with zero attached hydrogens (tertiary/aromatic N) is 3. The van der Waals surface area contributed by atoms with Gasteiger partial charge in [-0.25, -0.2) is 19.8 Å². The van der Waals surface area contributed by atoms with Crippen LogP contribution < -0.4 is 33.7 Å². The fourth-order valence-electron chi connectivity index (χ4n) is 14.0. The molecule has 2 aromatic carbocycles. The number of carboxylic acids is 1. The molecular formula is C94H134N4O31. The molecule has 35 heteroatoms. The van der Waals surface area contributed by atoms with E-state index in [0.717, 1.165) is 16.7 Å². The predicted molar refractivity (Wildman–Crippen MR) is 476 cm³/mol. The van der Waals surface area contributed by atoms with Gasteiger partial charge in [-0.3, -0.25) is 9.59 Å². The highest BCUT2D eigenvalue weighted by molar-refractivity contribution is 6.24. The van der Waals surface area contributed by atoms with Crippen LogP contribution in [-0.2, 0) is 122 Å². The number of unbranched alkanes of at least 4 members (excludes halogenated alkanes) is 1. The summed E-state index contributed by atoms with van der Waals surface area (Å²) < 4.78 is 151. The number of carbonyl (C=O) groups excluding carboxylic acids is 2. The molecule has 5 aliphatic heterocycles. The van der Waals surface area contributed by atoms with Gasteiger partial charge < -0.3 is 139 Å². The lowest BCUT2D eigenvalue weighted by Gasteiger charge is -2.19. The molecule has 0 radical (unpaired) electrons. The molecule has 0 saturated carbocycles. The Labute approximate surface area is 757 Å². The second-order valence-electron chi connectivity index (χ2n) is 29.7. The molecule has 129 heavy (non-hydrogen) atoms. The van der Waals surface area contributed by atoms with Gasteiger partial charge in [0.15, 0.2) is 23.0 Å². The molecule has 1 aliphatic carbocycles. The predicted octanol–water partition coefficient (Wildman–Crippen LogP) is 9.90. The first-order valence-electron chi connectivity index (χ1n) is 44.1. The first kappa shape index (κ1) is 105. The van der Waals surface area contributed by atoms with Crippen molar-refractivity contribution in [2.24, 2.45) is 26.8 Å². The number of hydrogen-bond donors (Lipinski definition) is 3. The molecule has 2 atom stereocenters. The molecule has 716 valence electrons. The number of carbonyl (C=O) groups is 3. The second-order valence-corrected chi connectivity index (χ2v) is 29.7. The van der Waals surface area contributed by atoms with Crippen LogP contribution in [0.25, 0.3) is 0 Å². The number of aliphatic hydroxyl groups is 1. The smallest absolute Gasteiger partial charge is 0.341 e. The summed E-state index contributed by atoms with van der Waals surface area (Å²) in [7, 11) is 9.63. The van der Waals surface area contributed by atoms with E-state index in [1.807, 2.05) is 33.8 Å². The van der Waals surface area contributed by atoms with Gasteiger partial charge in [0.25, 0.3) is 0 Å². The summed E-state index contributed by atoms with van der Waals surface area (Å²) in [5.41, 5.74) is 9.90. The molecule has 1 fully saturated rings. The van der Waals surface area contributed by atoms with Crippen LogP contribution >= 0.6 is 0 Å². The van der Waals surface area contributed by atoms with Crippen LogP contribution in [0.2, 0.25) is 0 Å². The van der Waals surface area contributed by atoms with E-state index in [1.165, 1.54) is 0 Å². The average Bonchev–Trinajstić information content (AvgIpc) is 1.57. The van der Waals surface area contributed by atoms with Crippen LogP contribution in [0.15, 0.2) is 130 Å². The topological polar surface area (TPSA) is 381 Å². The van der Waals surface area contributed by atoms with E-state index in [4.69, 9.17) is 138 Å². The van der Waals surface area contributed by atoms with Crippen molar-refractivity contribution in [3.8, 4) is 46.3 Å². The zero-order valence-corrected chi connectivity index (χ0v) is 77.0. The van der Waals surface area contributed by atoms with Crippen molar-refractivity contribution >= 4 is 35.0 Å². The molecule has 1 saturated heterocycles. The first-order valence-corrected chi connectivity index (χ1v) is 44.1. The molecule has 0 amide bonds. The van der Waals surface area contributed by atoms with Crippen molar-refractivity contribution in [2.75, 3.05) is 281 Å². The zero-order chi connectivity index (χ0) is 92.0. The van der Waals surface area contributed by atoms with Gasteiger partial charge in [-0.15, -0.1) is 0 Å². The molecule has 3 N–H and O–H groups in total. The minimum absolute atomic E-state index is 0.0752. The SMILES string of the molecule is CCC1=C(C)C2=NC1=CC1=C(C)C3=C(O)CC(=C4NC(=C(C#CCCCC(=O)O)C5=NC(=C2)C(C(=O)OCc2cc(OCCOCCOCCOC)c(OCCOCCOCCOC)c(OCCOCCOCCOC)c2)=C5C)[C@@H](C)[C@@H]4CCC(=O)OCc2cc(OCCOCCOCCOC)c(OCCOCCOCCOC)c(OCCOCCOCCOC)c2)C3=N1. The molecule has 35 nitrogen and oxygen atoms in total. The number of aliphatic hydroxyl groups excluding tert-OH is 1. The first-order chi connectivity index (χ1) is 63.1. The number of carboxylic acid groups (broad SMARTS) is 1. The second kappa shape index (κ2) is 61.6. The van der Waals surface area contributed by atoms with E-state index in [2.05, 4.69) is 17.2 Å². The summed E-state index contributed by atoms with van der Waals surface area (Å²) in [6, 6.07) is 6.88. The quantitative estimate of drug-likeness (QED) is 0.0315. The van der Waals surface area contributed by atoms with Gasteiger partial charge in [-0.1, -0.05) is 25.7 Å². The maximum atomic E-state index is 15.7. The highest BCUT2D eigenvalue weighted by atomic mass is 16.6. The van der Waals surface area contributed by atoms with Crippen molar-refractivity contribution in [2.45, 2.75) is 92.8 Å². The van der Waals surface area contributed by atoms with Crippen LogP contribution in [0, 0.1) is 23.7 Å².